The van der Waals surface area contributed by atoms with E-state index in [1.807, 2.05) is 0 Å². The van der Waals surface area contributed by atoms with Crippen molar-refractivity contribution in [2.24, 2.45) is 0 Å². The van der Waals surface area contributed by atoms with Crippen LogP contribution in [0.5, 0.6) is 0 Å². The molecule has 3 heteroatoms. The van der Waals surface area contributed by atoms with Crippen molar-refractivity contribution < 1.29 is 14.9 Å². The Morgan fingerprint density at radius 3 is 2.11 bits per heavy atom. The molecule has 2 N–H and O–H groups in total. The third-order valence-electron chi connectivity index (χ3n) is 0.775. The molecule has 0 aliphatic heterocycles. The first-order valence-electron chi connectivity index (χ1n) is 2.74. The normalized spacial score (nSPS) is 9.78. The summed E-state index contributed by atoms with van der Waals surface area (Å²) in [5, 5.41) is 16.9. The highest BCUT2D eigenvalue weighted by Crippen LogP contribution is 1.96. The smallest absolute Gasteiger partial charge is 0.144 e. The second kappa shape index (κ2) is 4.35. The van der Waals surface area contributed by atoms with Gasteiger partial charge >= 0.3 is 0 Å². The Balaban J connectivity index is 3.43. The predicted molar refractivity (Wildman–Crippen MR) is 33.9 cm³/mol. The van der Waals surface area contributed by atoms with Gasteiger partial charge in [0, 0.05) is 0 Å². The summed E-state index contributed by atoms with van der Waals surface area (Å²) in [5.74, 6) is 0.503. The summed E-state index contributed by atoms with van der Waals surface area (Å²) >= 11 is 0. The molecule has 0 heterocycles. The van der Waals surface area contributed by atoms with Gasteiger partial charge in [-0.1, -0.05) is 6.58 Å². The minimum absolute atomic E-state index is 0.177. The van der Waals surface area contributed by atoms with Crippen molar-refractivity contribution >= 4 is 0 Å². The van der Waals surface area contributed by atoms with E-state index < -0.39 is 6.10 Å². The van der Waals surface area contributed by atoms with Gasteiger partial charge in [-0.3, -0.25) is 0 Å². The van der Waals surface area contributed by atoms with E-state index in [1.54, 1.807) is 6.92 Å². The van der Waals surface area contributed by atoms with Crippen LogP contribution in [0.4, 0.5) is 0 Å². The highest BCUT2D eigenvalue weighted by Gasteiger charge is 2.04. The Bertz CT molecular complexity index is 86.3. The maximum absolute atomic E-state index is 8.45. The molecule has 0 unspecified atom stereocenters. The van der Waals surface area contributed by atoms with E-state index in [4.69, 9.17) is 14.9 Å². The summed E-state index contributed by atoms with van der Waals surface area (Å²) in [4.78, 5) is 0. The van der Waals surface area contributed by atoms with Crippen LogP contribution in [-0.2, 0) is 4.74 Å². The average molecular weight is 132 g/mol. The van der Waals surface area contributed by atoms with Crippen LogP contribution < -0.4 is 0 Å². The molecule has 0 saturated carbocycles. The Labute approximate surface area is 54.6 Å². The summed E-state index contributed by atoms with van der Waals surface area (Å²) in [5.41, 5.74) is 0. The van der Waals surface area contributed by atoms with E-state index in [0.29, 0.717) is 5.76 Å². The first-order valence-corrected chi connectivity index (χ1v) is 2.74. The standard InChI is InChI=1S/C6H12O3/c1-5(2)9-6(3-7)4-8/h6-8H,1,3-4H2,2H3. The van der Waals surface area contributed by atoms with E-state index in [0.717, 1.165) is 0 Å². The van der Waals surface area contributed by atoms with Crippen LogP contribution >= 0.6 is 0 Å². The number of ether oxygens (including phenoxy) is 1. The zero-order valence-corrected chi connectivity index (χ0v) is 5.50. The maximum atomic E-state index is 8.45. The Morgan fingerprint density at radius 1 is 1.56 bits per heavy atom. The number of aliphatic hydroxyl groups is 2. The third-order valence-corrected chi connectivity index (χ3v) is 0.775. The van der Waals surface area contributed by atoms with Crippen LogP contribution in [0.1, 0.15) is 6.92 Å². The van der Waals surface area contributed by atoms with E-state index in [2.05, 4.69) is 6.58 Å². The SMILES string of the molecule is C=C(C)OC(CO)CO. The minimum Gasteiger partial charge on any atom is -0.491 e. The van der Waals surface area contributed by atoms with Crippen molar-refractivity contribution in [2.75, 3.05) is 13.2 Å². The molecule has 0 spiro atoms. The molecular formula is C6H12O3. The summed E-state index contributed by atoms with van der Waals surface area (Å²) in [6, 6.07) is 0. The highest BCUT2D eigenvalue weighted by molar-refractivity contribution is 4.76. The van der Waals surface area contributed by atoms with Gasteiger partial charge in [-0.05, 0) is 6.92 Å². The molecule has 0 atom stereocenters. The monoisotopic (exact) mass is 132 g/mol. The molecule has 0 fully saturated rings. The van der Waals surface area contributed by atoms with Crippen molar-refractivity contribution in [1.29, 1.82) is 0 Å². The number of aliphatic hydroxyl groups excluding tert-OH is 2. The fourth-order valence-electron chi connectivity index (χ4n) is 0.417. The van der Waals surface area contributed by atoms with Crippen LogP contribution in [0.2, 0.25) is 0 Å². The van der Waals surface area contributed by atoms with E-state index in [1.165, 1.54) is 0 Å². The van der Waals surface area contributed by atoms with Crippen molar-refractivity contribution in [1.82, 2.24) is 0 Å². The lowest BCUT2D eigenvalue weighted by atomic mass is 10.4. The zero-order valence-electron chi connectivity index (χ0n) is 5.50. The van der Waals surface area contributed by atoms with Gasteiger partial charge in [0.2, 0.25) is 0 Å². The molecule has 0 radical (unpaired) electrons. The predicted octanol–water partition coefficient (Wildman–Crippen LogP) is -0.110. The van der Waals surface area contributed by atoms with Gasteiger partial charge in [0.05, 0.1) is 19.0 Å². The Hall–Kier alpha value is -0.540. The third kappa shape index (κ3) is 4.00. The van der Waals surface area contributed by atoms with Gasteiger partial charge in [-0.25, -0.2) is 0 Å². The van der Waals surface area contributed by atoms with Gasteiger partial charge < -0.3 is 14.9 Å². The molecule has 3 nitrogen and oxygen atoms in total. The molecule has 0 bridgehead atoms. The molecule has 0 aliphatic carbocycles. The maximum Gasteiger partial charge on any atom is 0.144 e. The topological polar surface area (TPSA) is 49.7 Å². The molecule has 0 rings (SSSR count). The molecule has 9 heavy (non-hydrogen) atoms. The second-order valence-corrected chi connectivity index (χ2v) is 1.81. The summed E-state index contributed by atoms with van der Waals surface area (Å²) < 4.78 is 4.85. The van der Waals surface area contributed by atoms with Crippen LogP contribution in [0.25, 0.3) is 0 Å². The fraction of sp³-hybridized carbons (Fsp3) is 0.667. The largest absolute Gasteiger partial charge is 0.491 e. The van der Waals surface area contributed by atoms with E-state index >= 15 is 0 Å². The summed E-state index contributed by atoms with van der Waals surface area (Å²) in [6.45, 7) is 4.76. The number of rotatable bonds is 4. The lowest BCUT2D eigenvalue weighted by Gasteiger charge is -2.12. The molecule has 0 aromatic heterocycles. The average Bonchev–Trinajstić information content (AvgIpc) is 1.82. The molecular weight excluding hydrogens is 120 g/mol. The Morgan fingerprint density at radius 2 is 2.00 bits per heavy atom. The number of hydrogen-bond donors (Lipinski definition) is 2. The van der Waals surface area contributed by atoms with Gasteiger partial charge in [0.1, 0.15) is 6.10 Å². The van der Waals surface area contributed by atoms with Crippen molar-refractivity contribution in [3.63, 3.8) is 0 Å². The van der Waals surface area contributed by atoms with Crippen LogP contribution in [-0.4, -0.2) is 29.5 Å². The van der Waals surface area contributed by atoms with E-state index in [9.17, 15) is 0 Å². The first-order chi connectivity index (χ1) is 4.20. The lowest BCUT2D eigenvalue weighted by molar-refractivity contribution is 0.0188. The van der Waals surface area contributed by atoms with Gasteiger partial charge in [-0.2, -0.15) is 0 Å². The van der Waals surface area contributed by atoms with Gasteiger partial charge in [0.15, 0.2) is 0 Å². The zero-order chi connectivity index (χ0) is 7.28. The summed E-state index contributed by atoms with van der Waals surface area (Å²) in [6.07, 6.45) is -0.512. The molecule has 54 valence electrons. The van der Waals surface area contributed by atoms with Gasteiger partial charge in [0.25, 0.3) is 0 Å². The van der Waals surface area contributed by atoms with Crippen molar-refractivity contribution in [3.8, 4) is 0 Å². The van der Waals surface area contributed by atoms with E-state index in [-0.39, 0.29) is 13.2 Å². The molecule has 0 aromatic carbocycles. The van der Waals surface area contributed by atoms with Crippen molar-refractivity contribution in [2.45, 2.75) is 13.0 Å². The van der Waals surface area contributed by atoms with Crippen molar-refractivity contribution in [3.05, 3.63) is 12.3 Å². The summed E-state index contributed by atoms with van der Waals surface area (Å²) in [7, 11) is 0. The second-order valence-electron chi connectivity index (χ2n) is 1.81. The number of allylic oxidation sites excluding steroid dienone is 1. The first kappa shape index (κ1) is 8.46. The van der Waals surface area contributed by atoms with Crippen LogP contribution in [0, 0.1) is 0 Å². The molecule has 0 aliphatic rings. The molecule has 0 saturated heterocycles. The quantitative estimate of drug-likeness (QED) is 0.525. The van der Waals surface area contributed by atoms with Crippen LogP contribution in [0.15, 0.2) is 12.3 Å². The van der Waals surface area contributed by atoms with Gasteiger partial charge in [-0.15, -0.1) is 0 Å². The lowest BCUT2D eigenvalue weighted by Crippen LogP contribution is -2.20. The minimum atomic E-state index is -0.512. The Kier molecular flexibility index (Phi) is 4.09. The fourth-order valence-corrected chi connectivity index (χ4v) is 0.417. The molecule has 0 amide bonds. The highest BCUT2D eigenvalue weighted by atomic mass is 16.5. The van der Waals surface area contributed by atoms with Crippen LogP contribution in [0.3, 0.4) is 0 Å². The molecule has 0 aromatic rings. The number of hydrogen-bond acceptors (Lipinski definition) is 3.